The quantitative estimate of drug-likeness (QED) is 0.636. The van der Waals surface area contributed by atoms with Gasteiger partial charge in [0.05, 0.1) is 31.1 Å². The van der Waals surface area contributed by atoms with Crippen LogP contribution in [0, 0.1) is 0 Å². The fraction of sp³-hybridized carbons (Fsp3) is 0.636. The Hall–Kier alpha value is -0.960. The lowest BCUT2D eigenvalue weighted by Crippen LogP contribution is -2.39. The average Bonchev–Trinajstić information content (AvgIpc) is 2.38. The van der Waals surface area contributed by atoms with Gasteiger partial charge in [-0.2, -0.15) is 5.10 Å². The first-order valence-corrected chi connectivity index (χ1v) is 6.68. The lowest BCUT2D eigenvalue weighted by Gasteiger charge is -2.16. The molecule has 0 aromatic carbocycles. The summed E-state index contributed by atoms with van der Waals surface area (Å²) in [6, 6.07) is -0.414. The molecule has 0 saturated heterocycles. The van der Waals surface area contributed by atoms with Crippen LogP contribution in [0.2, 0.25) is 0 Å². The minimum absolute atomic E-state index is 0.243. The summed E-state index contributed by atoms with van der Waals surface area (Å²) in [6.07, 6.45) is 0.914. The maximum Gasteiger partial charge on any atom is 0.283 e. The molecule has 1 rings (SSSR count). The molecule has 7 nitrogen and oxygen atoms in total. The molecule has 4 N–H and O–H groups in total. The molecule has 108 valence electrons. The van der Waals surface area contributed by atoms with Crippen LogP contribution >= 0.6 is 15.9 Å². The highest BCUT2D eigenvalue weighted by Crippen LogP contribution is 2.15. The summed E-state index contributed by atoms with van der Waals surface area (Å²) in [4.78, 5) is 12.0. The van der Waals surface area contributed by atoms with Crippen LogP contribution in [0.4, 0.5) is 5.69 Å². The van der Waals surface area contributed by atoms with Crippen molar-refractivity contribution in [2.45, 2.75) is 25.6 Å². The second-order valence-corrected chi connectivity index (χ2v) is 4.97. The van der Waals surface area contributed by atoms with Crippen molar-refractivity contribution in [3.8, 4) is 0 Å². The summed E-state index contributed by atoms with van der Waals surface area (Å²) in [5.41, 5.74) is 6.01. The molecule has 0 aliphatic heterocycles. The Labute approximate surface area is 119 Å². The zero-order valence-corrected chi connectivity index (χ0v) is 12.6. The molecule has 8 heteroatoms. The SMILES string of the molecule is COCCn1ncc(NCC(N)C(C)O)c(Br)c1=O. The smallest absolute Gasteiger partial charge is 0.283 e. The van der Waals surface area contributed by atoms with Gasteiger partial charge in [-0.3, -0.25) is 4.79 Å². The maximum atomic E-state index is 12.0. The van der Waals surface area contributed by atoms with Gasteiger partial charge in [-0.25, -0.2) is 4.68 Å². The minimum atomic E-state index is -0.624. The number of nitrogens with zero attached hydrogens (tertiary/aromatic N) is 2. The van der Waals surface area contributed by atoms with Crippen molar-refractivity contribution < 1.29 is 9.84 Å². The van der Waals surface area contributed by atoms with E-state index in [4.69, 9.17) is 10.5 Å². The van der Waals surface area contributed by atoms with Gasteiger partial charge in [-0.05, 0) is 22.9 Å². The van der Waals surface area contributed by atoms with Crippen LogP contribution in [0.15, 0.2) is 15.5 Å². The Morgan fingerprint density at radius 2 is 2.37 bits per heavy atom. The summed E-state index contributed by atoms with van der Waals surface area (Å²) in [7, 11) is 1.56. The zero-order valence-electron chi connectivity index (χ0n) is 11.0. The molecular formula is C11H19BrN4O3. The second kappa shape index (κ2) is 7.59. The molecule has 0 amide bonds. The van der Waals surface area contributed by atoms with Crippen LogP contribution in [0.3, 0.4) is 0 Å². The Morgan fingerprint density at radius 1 is 1.68 bits per heavy atom. The number of aliphatic hydroxyl groups is 1. The van der Waals surface area contributed by atoms with E-state index < -0.39 is 12.1 Å². The number of methoxy groups -OCH3 is 1. The van der Waals surface area contributed by atoms with Gasteiger partial charge in [-0.1, -0.05) is 0 Å². The number of aliphatic hydroxyl groups excluding tert-OH is 1. The highest BCUT2D eigenvalue weighted by Gasteiger charge is 2.12. The third-order valence-electron chi connectivity index (χ3n) is 2.64. The Balaban J connectivity index is 2.76. The number of nitrogens with two attached hydrogens (primary N) is 1. The first-order chi connectivity index (χ1) is 8.97. The van der Waals surface area contributed by atoms with Crippen LogP contribution in [-0.4, -0.2) is 47.3 Å². The van der Waals surface area contributed by atoms with Gasteiger partial charge in [-0.15, -0.1) is 0 Å². The van der Waals surface area contributed by atoms with E-state index in [0.717, 1.165) is 0 Å². The molecule has 1 aromatic heterocycles. The van der Waals surface area contributed by atoms with Gasteiger partial charge in [0.1, 0.15) is 4.47 Å². The van der Waals surface area contributed by atoms with E-state index in [9.17, 15) is 9.90 Å². The molecule has 0 aliphatic carbocycles. The van der Waals surface area contributed by atoms with E-state index in [0.29, 0.717) is 29.9 Å². The second-order valence-electron chi connectivity index (χ2n) is 4.18. The molecule has 0 saturated carbocycles. The van der Waals surface area contributed by atoms with Crippen LogP contribution in [0.5, 0.6) is 0 Å². The van der Waals surface area contributed by atoms with Gasteiger partial charge >= 0.3 is 0 Å². The highest BCUT2D eigenvalue weighted by molar-refractivity contribution is 9.10. The van der Waals surface area contributed by atoms with Crippen molar-refractivity contribution in [2.24, 2.45) is 5.73 Å². The number of ether oxygens (including phenoxy) is 1. The molecule has 0 bridgehead atoms. The van der Waals surface area contributed by atoms with Gasteiger partial charge in [0.2, 0.25) is 0 Å². The van der Waals surface area contributed by atoms with Crippen molar-refractivity contribution in [1.82, 2.24) is 9.78 Å². The van der Waals surface area contributed by atoms with Crippen LogP contribution < -0.4 is 16.6 Å². The lowest BCUT2D eigenvalue weighted by molar-refractivity contribution is 0.168. The number of anilines is 1. The molecule has 19 heavy (non-hydrogen) atoms. The molecule has 2 atom stereocenters. The number of halogens is 1. The van der Waals surface area contributed by atoms with Crippen molar-refractivity contribution in [1.29, 1.82) is 0 Å². The first-order valence-electron chi connectivity index (χ1n) is 5.89. The number of hydrogen-bond acceptors (Lipinski definition) is 6. The normalized spacial score (nSPS) is 14.2. The summed E-state index contributed by atoms with van der Waals surface area (Å²) in [5, 5.41) is 16.3. The molecular weight excluding hydrogens is 316 g/mol. The number of rotatable bonds is 7. The van der Waals surface area contributed by atoms with Crippen molar-refractivity contribution in [3.05, 3.63) is 21.0 Å². The van der Waals surface area contributed by atoms with Crippen molar-refractivity contribution in [2.75, 3.05) is 25.6 Å². The van der Waals surface area contributed by atoms with Gasteiger partial charge in [0.25, 0.3) is 5.56 Å². The van der Waals surface area contributed by atoms with Crippen molar-refractivity contribution in [3.63, 3.8) is 0 Å². The summed E-state index contributed by atoms with van der Waals surface area (Å²) in [5.74, 6) is 0. The number of aromatic nitrogens is 2. The monoisotopic (exact) mass is 334 g/mol. The number of hydrogen-bond donors (Lipinski definition) is 3. The van der Waals surface area contributed by atoms with Gasteiger partial charge in [0.15, 0.2) is 0 Å². The Bertz CT molecular complexity index is 464. The van der Waals surface area contributed by atoms with Gasteiger partial charge < -0.3 is 20.9 Å². The average molecular weight is 335 g/mol. The largest absolute Gasteiger partial charge is 0.392 e. The van der Waals surface area contributed by atoms with Gasteiger partial charge in [0, 0.05) is 19.7 Å². The molecule has 1 heterocycles. The third-order valence-corrected chi connectivity index (χ3v) is 3.41. The van der Waals surface area contributed by atoms with Crippen LogP contribution in [-0.2, 0) is 11.3 Å². The summed E-state index contributed by atoms with van der Waals surface area (Å²) >= 11 is 3.23. The van der Waals surface area contributed by atoms with E-state index in [2.05, 4.69) is 26.3 Å². The standard InChI is InChI=1S/C11H19BrN4O3/c1-7(17)8(13)5-14-9-6-15-16(3-4-19-2)11(18)10(9)12/h6-8,14,17H,3-5,13H2,1-2H3. The zero-order chi connectivity index (χ0) is 14.4. The Morgan fingerprint density at radius 3 is 2.95 bits per heavy atom. The molecule has 0 radical (unpaired) electrons. The maximum absolute atomic E-state index is 12.0. The fourth-order valence-electron chi connectivity index (χ4n) is 1.32. The van der Waals surface area contributed by atoms with Crippen LogP contribution in [0.25, 0.3) is 0 Å². The molecule has 2 unspecified atom stereocenters. The topological polar surface area (TPSA) is 102 Å². The summed E-state index contributed by atoms with van der Waals surface area (Å²) < 4.78 is 6.60. The molecule has 0 spiro atoms. The fourth-order valence-corrected chi connectivity index (χ4v) is 1.77. The molecule has 0 fully saturated rings. The summed E-state index contributed by atoms with van der Waals surface area (Å²) in [6.45, 7) is 2.77. The van der Waals surface area contributed by atoms with E-state index in [1.54, 1.807) is 14.0 Å². The highest BCUT2D eigenvalue weighted by atomic mass is 79.9. The van der Waals surface area contributed by atoms with Crippen molar-refractivity contribution >= 4 is 21.6 Å². The van der Waals surface area contributed by atoms with E-state index in [1.165, 1.54) is 10.9 Å². The lowest BCUT2D eigenvalue weighted by atomic mass is 10.2. The first kappa shape index (κ1) is 16.1. The van der Waals surface area contributed by atoms with E-state index >= 15 is 0 Å². The minimum Gasteiger partial charge on any atom is -0.392 e. The molecule has 0 aliphatic rings. The third kappa shape index (κ3) is 4.57. The predicted octanol–water partition coefficient (Wildman–Crippen LogP) is -0.228. The predicted molar refractivity (Wildman–Crippen MR) is 76.2 cm³/mol. The van der Waals surface area contributed by atoms with E-state index in [-0.39, 0.29) is 5.56 Å². The Kier molecular flexibility index (Phi) is 6.43. The molecule has 1 aromatic rings. The van der Waals surface area contributed by atoms with Crippen LogP contribution in [0.1, 0.15) is 6.92 Å². The number of nitrogens with one attached hydrogen (secondary N) is 1. The van der Waals surface area contributed by atoms with E-state index in [1.807, 2.05) is 0 Å².